The van der Waals surface area contributed by atoms with Crippen LogP contribution < -0.4 is 10.5 Å². The van der Waals surface area contributed by atoms with Gasteiger partial charge in [0.15, 0.2) is 0 Å². The lowest BCUT2D eigenvalue weighted by atomic mass is 10.2. The topological polar surface area (TPSA) is 85.0 Å². The first-order valence-corrected chi connectivity index (χ1v) is 6.69. The second-order valence-corrected chi connectivity index (χ2v) is 4.75. The molecule has 3 N–H and O–H groups in total. The van der Waals surface area contributed by atoms with Gasteiger partial charge >= 0.3 is 5.97 Å². The number of rotatable bonds is 5. The summed E-state index contributed by atoms with van der Waals surface area (Å²) in [6.45, 7) is 5.98. The highest BCUT2D eigenvalue weighted by atomic mass is 16.5. The molecule has 0 aliphatic carbocycles. The lowest BCUT2D eigenvalue weighted by molar-refractivity contribution is -0.0464. The summed E-state index contributed by atoms with van der Waals surface area (Å²) >= 11 is 0. The number of morpholine rings is 1. The van der Waals surface area contributed by atoms with Crippen LogP contribution in [0.3, 0.4) is 0 Å². The molecule has 110 valence electrons. The number of nitrogen functional groups attached to an aromatic ring is 1. The van der Waals surface area contributed by atoms with Crippen molar-refractivity contribution in [2.24, 2.45) is 0 Å². The van der Waals surface area contributed by atoms with E-state index in [9.17, 15) is 4.79 Å². The van der Waals surface area contributed by atoms with Crippen LogP contribution in [0.5, 0.6) is 5.75 Å². The molecular weight excluding hydrogens is 260 g/mol. The Morgan fingerprint density at radius 1 is 1.60 bits per heavy atom. The zero-order valence-corrected chi connectivity index (χ0v) is 11.5. The molecule has 1 unspecified atom stereocenters. The van der Waals surface area contributed by atoms with Crippen LogP contribution in [0.15, 0.2) is 18.2 Å². The largest absolute Gasteiger partial charge is 0.491 e. The number of nitrogens with two attached hydrogens (primary N) is 1. The van der Waals surface area contributed by atoms with Crippen LogP contribution in [-0.2, 0) is 4.74 Å². The van der Waals surface area contributed by atoms with Gasteiger partial charge in [0.1, 0.15) is 18.5 Å². The Bertz CT molecular complexity index is 478. The molecule has 0 spiro atoms. The van der Waals surface area contributed by atoms with Crippen molar-refractivity contribution in [2.45, 2.75) is 13.0 Å². The number of carbonyl (C=O) groups is 1. The van der Waals surface area contributed by atoms with E-state index in [0.29, 0.717) is 19.0 Å². The van der Waals surface area contributed by atoms with Crippen molar-refractivity contribution >= 4 is 11.7 Å². The van der Waals surface area contributed by atoms with Crippen molar-refractivity contribution in [3.8, 4) is 5.75 Å². The second kappa shape index (κ2) is 6.58. The summed E-state index contributed by atoms with van der Waals surface area (Å²) in [4.78, 5) is 13.3. The van der Waals surface area contributed by atoms with Crippen molar-refractivity contribution in [1.29, 1.82) is 0 Å². The Balaban J connectivity index is 1.93. The molecule has 1 aliphatic heterocycles. The van der Waals surface area contributed by atoms with Crippen molar-refractivity contribution in [1.82, 2.24) is 4.90 Å². The maximum absolute atomic E-state index is 11.0. The predicted molar refractivity (Wildman–Crippen MR) is 75.2 cm³/mol. The van der Waals surface area contributed by atoms with Crippen LogP contribution in [0.1, 0.15) is 17.3 Å². The smallest absolute Gasteiger partial charge is 0.337 e. The van der Waals surface area contributed by atoms with Crippen molar-refractivity contribution < 1.29 is 19.4 Å². The van der Waals surface area contributed by atoms with Gasteiger partial charge in [0.05, 0.1) is 12.2 Å². The molecular formula is C14H20N2O4. The molecule has 0 radical (unpaired) electrons. The van der Waals surface area contributed by atoms with Gasteiger partial charge in [0.2, 0.25) is 0 Å². The van der Waals surface area contributed by atoms with E-state index in [1.807, 2.05) is 0 Å². The molecule has 6 nitrogen and oxygen atoms in total. The second-order valence-electron chi connectivity index (χ2n) is 4.75. The van der Waals surface area contributed by atoms with Gasteiger partial charge in [0.25, 0.3) is 0 Å². The van der Waals surface area contributed by atoms with E-state index in [0.717, 1.165) is 19.6 Å². The van der Waals surface area contributed by atoms with Gasteiger partial charge in [-0.25, -0.2) is 4.79 Å². The molecule has 1 saturated heterocycles. The number of aromatic carboxylic acids is 1. The zero-order chi connectivity index (χ0) is 14.5. The summed E-state index contributed by atoms with van der Waals surface area (Å²) in [5.74, 6) is -0.562. The number of hydrogen-bond donors (Lipinski definition) is 2. The number of carboxylic acids is 1. The van der Waals surface area contributed by atoms with Gasteiger partial charge < -0.3 is 20.3 Å². The fourth-order valence-corrected chi connectivity index (χ4v) is 2.17. The van der Waals surface area contributed by atoms with E-state index in [2.05, 4.69) is 11.8 Å². The lowest BCUT2D eigenvalue weighted by Gasteiger charge is -2.31. The van der Waals surface area contributed by atoms with Gasteiger partial charge in [-0.05, 0) is 24.7 Å². The summed E-state index contributed by atoms with van der Waals surface area (Å²) < 4.78 is 11.2. The van der Waals surface area contributed by atoms with Gasteiger partial charge in [-0.1, -0.05) is 6.92 Å². The zero-order valence-electron chi connectivity index (χ0n) is 11.5. The van der Waals surface area contributed by atoms with E-state index in [1.54, 1.807) is 12.1 Å². The molecule has 2 rings (SSSR count). The molecule has 0 bridgehead atoms. The van der Waals surface area contributed by atoms with Gasteiger partial charge in [-0.3, -0.25) is 4.90 Å². The average Bonchev–Trinajstić information content (AvgIpc) is 2.46. The predicted octanol–water partition coefficient (Wildman–Crippen LogP) is 1.07. The van der Waals surface area contributed by atoms with Crippen LogP contribution in [0, 0.1) is 0 Å². The Morgan fingerprint density at radius 3 is 3.10 bits per heavy atom. The van der Waals surface area contributed by atoms with E-state index in [-0.39, 0.29) is 17.4 Å². The summed E-state index contributed by atoms with van der Waals surface area (Å²) in [5, 5.41) is 9.01. The third-order valence-electron chi connectivity index (χ3n) is 3.36. The molecule has 1 heterocycles. The maximum Gasteiger partial charge on any atom is 0.337 e. The van der Waals surface area contributed by atoms with E-state index in [4.69, 9.17) is 20.3 Å². The van der Waals surface area contributed by atoms with Gasteiger partial charge in [0, 0.05) is 18.8 Å². The van der Waals surface area contributed by atoms with Gasteiger partial charge in [-0.15, -0.1) is 0 Å². The van der Waals surface area contributed by atoms with Crippen LogP contribution in [0.4, 0.5) is 5.69 Å². The molecule has 1 fully saturated rings. The summed E-state index contributed by atoms with van der Waals surface area (Å²) in [5.41, 5.74) is 5.89. The maximum atomic E-state index is 11.0. The molecule has 20 heavy (non-hydrogen) atoms. The Labute approximate surface area is 118 Å². The highest BCUT2D eigenvalue weighted by Crippen LogP contribution is 2.20. The number of hydrogen-bond acceptors (Lipinski definition) is 5. The number of likely N-dealkylation sites (N-methyl/N-ethyl adjacent to an activating group) is 1. The first kappa shape index (κ1) is 14.6. The van der Waals surface area contributed by atoms with E-state index in [1.165, 1.54) is 6.07 Å². The van der Waals surface area contributed by atoms with E-state index >= 15 is 0 Å². The lowest BCUT2D eigenvalue weighted by Crippen LogP contribution is -2.44. The Hall–Kier alpha value is -1.79. The fraction of sp³-hybridized carbons (Fsp3) is 0.500. The van der Waals surface area contributed by atoms with Crippen molar-refractivity contribution in [2.75, 3.05) is 38.6 Å². The molecule has 0 aromatic heterocycles. The average molecular weight is 280 g/mol. The van der Waals surface area contributed by atoms with Crippen molar-refractivity contribution in [3.63, 3.8) is 0 Å². The molecule has 1 atom stereocenters. The number of anilines is 1. The summed E-state index contributed by atoms with van der Waals surface area (Å²) in [6.07, 6.45) is 0.00883. The first-order chi connectivity index (χ1) is 9.60. The molecule has 1 aromatic carbocycles. The van der Waals surface area contributed by atoms with Crippen LogP contribution in [0.2, 0.25) is 0 Å². The monoisotopic (exact) mass is 280 g/mol. The number of nitrogens with zero attached hydrogens (tertiary/aromatic N) is 1. The fourth-order valence-electron chi connectivity index (χ4n) is 2.17. The quantitative estimate of drug-likeness (QED) is 0.785. The normalized spacial score (nSPS) is 19.8. The SMILES string of the molecule is CCN1CCOC(COc2ccc(N)c(C(=O)O)c2)C1. The standard InChI is InChI=1S/C14H20N2O4/c1-2-16-5-6-19-11(8-16)9-20-10-3-4-13(15)12(7-10)14(17)18/h3-4,7,11H,2,5-6,8-9,15H2,1H3,(H,17,18). The molecule has 1 aromatic rings. The van der Waals surface area contributed by atoms with Gasteiger partial charge in [-0.2, -0.15) is 0 Å². The highest BCUT2D eigenvalue weighted by molar-refractivity contribution is 5.94. The molecule has 1 aliphatic rings. The van der Waals surface area contributed by atoms with Crippen LogP contribution >= 0.6 is 0 Å². The number of benzene rings is 1. The molecule has 0 amide bonds. The minimum absolute atomic E-state index is 0.00883. The van der Waals surface area contributed by atoms with Crippen LogP contribution in [0.25, 0.3) is 0 Å². The molecule has 6 heteroatoms. The summed E-state index contributed by atoms with van der Waals surface area (Å²) in [7, 11) is 0. The van der Waals surface area contributed by atoms with Crippen molar-refractivity contribution in [3.05, 3.63) is 23.8 Å². The minimum atomic E-state index is -1.06. The minimum Gasteiger partial charge on any atom is -0.491 e. The third-order valence-corrected chi connectivity index (χ3v) is 3.36. The summed E-state index contributed by atoms with van der Waals surface area (Å²) in [6, 6.07) is 4.65. The Morgan fingerprint density at radius 2 is 2.40 bits per heavy atom. The Kier molecular flexibility index (Phi) is 4.81. The number of carboxylic acid groups (broad SMARTS) is 1. The third kappa shape index (κ3) is 3.61. The first-order valence-electron chi connectivity index (χ1n) is 6.69. The van der Waals surface area contributed by atoms with Crippen LogP contribution in [-0.4, -0.2) is 54.9 Å². The number of ether oxygens (including phenoxy) is 2. The highest BCUT2D eigenvalue weighted by Gasteiger charge is 2.20. The molecule has 0 saturated carbocycles. The van der Waals surface area contributed by atoms with E-state index < -0.39 is 5.97 Å².